The zero-order valence-corrected chi connectivity index (χ0v) is 19.9. The molecule has 178 valence electrons. The number of esters is 1. The molecule has 2 N–H and O–H groups in total. The maximum atomic E-state index is 12.4. The number of rotatable bonds is 9. The number of hydrogen-bond donors (Lipinski definition) is 2. The lowest BCUT2D eigenvalue weighted by Gasteiger charge is -2.15. The first-order valence-electron chi connectivity index (χ1n) is 10.5. The van der Waals surface area contributed by atoms with Gasteiger partial charge in [0.15, 0.2) is 12.4 Å². The normalized spacial score (nSPS) is 12.0. The number of hydrogen-bond acceptors (Lipinski definition) is 6. The predicted octanol–water partition coefficient (Wildman–Crippen LogP) is 3.94. The Hall–Kier alpha value is -3.69. The summed E-state index contributed by atoms with van der Waals surface area (Å²) in [5.41, 5.74) is 2.40. The second-order valence-electron chi connectivity index (χ2n) is 7.72. The zero-order valence-electron chi connectivity index (χ0n) is 19.1. The molecule has 1 amide bonds. The summed E-state index contributed by atoms with van der Waals surface area (Å²) in [5, 5.41) is 2.64. The highest BCUT2D eigenvalue weighted by Gasteiger charge is 2.23. The number of carbonyl (C=O) groups is 2. The first kappa shape index (κ1) is 24.9. The van der Waals surface area contributed by atoms with Gasteiger partial charge in [0.05, 0.1) is 10.6 Å². The Morgan fingerprint density at radius 3 is 2.12 bits per heavy atom. The molecule has 0 unspecified atom stereocenters. The van der Waals surface area contributed by atoms with Crippen LogP contribution in [0, 0.1) is 13.8 Å². The maximum absolute atomic E-state index is 12.4. The number of sulfonamides is 1. The predicted molar refractivity (Wildman–Crippen MR) is 128 cm³/mol. The SMILES string of the molecule is Cc1ccc(Oc2ccccc2NC(=O)COC(=O)[C@H](C)NS(=O)(=O)c2ccc(C)cc2)cc1. The number of para-hydroxylation sites is 2. The fourth-order valence-electron chi connectivity index (χ4n) is 2.91. The van der Waals surface area contributed by atoms with Crippen LogP contribution in [0.5, 0.6) is 11.5 Å². The van der Waals surface area contributed by atoms with Gasteiger partial charge in [-0.1, -0.05) is 47.5 Å². The molecule has 3 aromatic carbocycles. The minimum atomic E-state index is -3.91. The van der Waals surface area contributed by atoms with Crippen LogP contribution in [-0.4, -0.2) is 32.9 Å². The van der Waals surface area contributed by atoms with Gasteiger partial charge in [0, 0.05) is 0 Å². The first-order chi connectivity index (χ1) is 16.1. The number of aryl methyl sites for hydroxylation is 2. The van der Waals surface area contributed by atoms with E-state index in [-0.39, 0.29) is 4.90 Å². The van der Waals surface area contributed by atoms with Gasteiger partial charge >= 0.3 is 5.97 Å². The average Bonchev–Trinajstić information content (AvgIpc) is 2.80. The van der Waals surface area contributed by atoms with Gasteiger partial charge < -0.3 is 14.8 Å². The van der Waals surface area contributed by atoms with E-state index in [0.29, 0.717) is 17.2 Å². The van der Waals surface area contributed by atoms with E-state index in [4.69, 9.17) is 9.47 Å². The van der Waals surface area contributed by atoms with Crippen molar-refractivity contribution in [2.45, 2.75) is 31.7 Å². The van der Waals surface area contributed by atoms with Crippen molar-refractivity contribution in [1.29, 1.82) is 0 Å². The third-order valence-electron chi connectivity index (χ3n) is 4.77. The molecule has 0 heterocycles. The molecule has 0 fully saturated rings. The third kappa shape index (κ3) is 6.90. The van der Waals surface area contributed by atoms with Crippen molar-refractivity contribution >= 4 is 27.6 Å². The van der Waals surface area contributed by atoms with Crippen molar-refractivity contribution < 1.29 is 27.5 Å². The molecule has 0 spiro atoms. The molecule has 34 heavy (non-hydrogen) atoms. The monoisotopic (exact) mass is 482 g/mol. The van der Waals surface area contributed by atoms with Crippen LogP contribution in [0.4, 0.5) is 5.69 Å². The van der Waals surface area contributed by atoms with Gasteiger partial charge in [0.2, 0.25) is 10.0 Å². The molecule has 0 saturated carbocycles. The Kier molecular flexibility index (Phi) is 8.04. The Labute approximate surface area is 199 Å². The molecular weight excluding hydrogens is 456 g/mol. The Morgan fingerprint density at radius 1 is 0.882 bits per heavy atom. The summed E-state index contributed by atoms with van der Waals surface area (Å²) in [5.74, 6) is -0.449. The second kappa shape index (κ2) is 11.0. The Bertz CT molecular complexity index is 1260. The van der Waals surface area contributed by atoms with Gasteiger partial charge in [-0.05, 0) is 57.2 Å². The lowest BCUT2D eigenvalue weighted by molar-refractivity contribution is -0.148. The van der Waals surface area contributed by atoms with E-state index < -0.39 is 34.5 Å². The van der Waals surface area contributed by atoms with Crippen LogP contribution >= 0.6 is 0 Å². The molecule has 8 nitrogen and oxygen atoms in total. The van der Waals surface area contributed by atoms with Crippen LogP contribution in [0.15, 0.2) is 77.7 Å². The molecule has 0 aromatic heterocycles. The molecule has 9 heteroatoms. The Balaban J connectivity index is 1.55. The number of benzene rings is 3. The molecule has 0 aliphatic carbocycles. The van der Waals surface area contributed by atoms with Crippen molar-refractivity contribution in [3.8, 4) is 11.5 Å². The fourth-order valence-corrected chi connectivity index (χ4v) is 4.10. The molecule has 0 aliphatic heterocycles. The summed E-state index contributed by atoms with van der Waals surface area (Å²) < 4.78 is 37.9. The van der Waals surface area contributed by atoms with Crippen LogP contribution in [0.3, 0.4) is 0 Å². The van der Waals surface area contributed by atoms with Crippen molar-refractivity contribution in [3.63, 3.8) is 0 Å². The highest BCUT2D eigenvalue weighted by molar-refractivity contribution is 7.89. The molecular formula is C25H26N2O6S. The van der Waals surface area contributed by atoms with E-state index in [2.05, 4.69) is 10.0 Å². The van der Waals surface area contributed by atoms with Gasteiger partial charge in [-0.25, -0.2) is 8.42 Å². The molecule has 1 atom stereocenters. The largest absolute Gasteiger partial charge is 0.455 e. The minimum absolute atomic E-state index is 0.0284. The van der Waals surface area contributed by atoms with Crippen LogP contribution in [0.25, 0.3) is 0 Å². The zero-order chi connectivity index (χ0) is 24.7. The van der Waals surface area contributed by atoms with Gasteiger partial charge in [-0.15, -0.1) is 0 Å². The minimum Gasteiger partial charge on any atom is -0.455 e. The summed E-state index contributed by atoms with van der Waals surface area (Å²) in [6.45, 7) is 4.56. The third-order valence-corrected chi connectivity index (χ3v) is 6.33. The maximum Gasteiger partial charge on any atom is 0.324 e. The van der Waals surface area contributed by atoms with Crippen molar-refractivity contribution in [1.82, 2.24) is 4.72 Å². The van der Waals surface area contributed by atoms with Crippen LogP contribution < -0.4 is 14.8 Å². The molecule has 0 saturated heterocycles. The van der Waals surface area contributed by atoms with Gasteiger partial charge in [-0.3, -0.25) is 9.59 Å². The van der Waals surface area contributed by atoms with E-state index in [0.717, 1.165) is 11.1 Å². The highest BCUT2D eigenvalue weighted by atomic mass is 32.2. The standard InChI is InChI=1S/C25H26N2O6S/c1-17-8-12-20(13-9-17)33-23-7-5-4-6-22(23)26-24(28)16-32-25(29)19(3)27-34(30,31)21-14-10-18(2)11-15-21/h4-15,19,27H,16H2,1-3H3,(H,26,28)/t19-/m0/s1. The van der Waals surface area contributed by atoms with Gasteiger partial charge in [-0.2, -0.15) is 4.72 Å². The number of ether oxygens (including phenoxy) is 2. The number of carbonyl (C=O) groups excluding carboxylic acids is 2. The van der Waals surface area contributed by atoms with Crippen LogP contribution in [0.1, 0.15) is 18.1 Å². The highest BCUT2D eigenvalue weighted by Crippen LogP contribution is 2.29. The number of nitrogens with one attached hydrogen (secondary N) is 2. The summed E-state index contributed by atoms with van der Waals surface area (Å²) in [7, 11) is -3.91. The summed E-state index contributed by atoms with van der Waals surface area (Å²) >= 11 is 0. The van der Waals surface area contributed by atoms with Crippen molar-refractivity contribution in [2.75, 3.05) is 11.9 Å². The molecule has 0 radical (unpaired) electrons. The second-order valence-corrected chi connectivity index (χ2v) is 9.44. The summed E-state index contributed by atoms with van der Waals surface area (Å²) in [4.78, 5) is 24.6. The van der Waals surface area contributed by atoms with Crippen molar-refractivity contribution in [2.24, 2.45) is 0 Å². The molecule has 3 aromatic rings. The smallest absolute Gasteiger partial charge is 0.324 e. The fraction of sp³-hybridized carbons (Fsp3) is 0.200. The first-order valence-corrected chi connectivity index (χ1v) is 12.0. The van der Waals surface area contributed by atoms with E-state index in [9.17, 15) is 18.0 Å². The topological polar surface area (TPSA) is 111 Å². The molecule has 0 aliphatic rings. The number of anilines is 1. The van der Waals surface area contributed by atoms with Crippen LogP contribution in [-0.2, 0) is 24.3 Å². The van der Waals surface area contributed by atoms with Gasteiger partial charge in [0.25, 0.3) is 5.91 Å². The number of amides is 1. The van der Waals surface area contributed by atoms with E-state index in [1.807, 2.05) is 38.1 Å². The van der Waals surface area contributed by atoms with Crippen molar-refractivity contribution in [3.05, 3.63) is 83.9 Å². The quantitative estimate of drug-likeness (QED) is 0.447. The Morgan fingerprint density at radius 2 is 1.47 bits per heavy atom. The summed E-state index contributed by atoms with van der Waals surface area (Å²) in [6, 6.07) is 19.3. The average molecular weight is 483 g/mol. The van der Waals surface area contributed by atoms with E-state index >= 15 is 0 Å². The van der Waals surface area contributed by atoms with Gasteiger partial charge in [0.1, 0.15) is 11.8 Å². The lowest BCUT2D eigenvalue weighted by atomic mass is 10.2. The van der Waals surface area contributed by atoms with E-state index in [1.54, 1.807) is 36.4 Å². The lowest BCUT2D eigenvalue weighted by Crippen LogP contribution is -2.40. The summed E-state index contributed by atoms with van der Waals surface area (Å²) in [6.07, 6.45) is 0. The van der Waals surface area contributed by atoms with Crippen LogP contribution in [0.2, 0.25) is 0 Å². The van der Waals surface area contributed by atoms with E-state index in [1.165, 1.54) is 19.1 Å². The molecule has 0 bridgehead atoms. The molecule has 3 rings (SSSR count).